The summed E-state index contributed by atoms with van der Waals surface area (Å²) in [5.74, 6) is 0. The van der Waals surface area contributed by atoms with Gasteiger partial charge in [-0.05, 0) is 29.3 Å². The number of nitro groups is 1. The molecule has 0 saturated carbocycles. The Kier molecular flexibility index (Phi) is 5.98. The van der Waals surface area contributed by atoms with Gasteiger partial charge < -0.3 is 10.1 Å². The first-order chi connectivity index (χ1) is 14.9. The number of morpholine rings is 1. The van der Waals surface area contributed by atoms with Crippen LogP contribution in [-0.4, -0.2) is 54.1 Å². The van der Waals surface area contributed by atoms with Crippen molar-refractivity contribution in [1.29, 1.82) is 0 Å². The number of benzene rings is 2. The number of nitrogens with one attached hydrogen (secondary N) is 2. The second-order valence-electron chi connectivity index (χ2n) is 6.97. The Morgan fingerprint density at radius 3 is 2.52 bits per heavy atom. The Bertz CT molecular complexity index is 1160. The zero-order valence-electron chi connectivity index (χ0n) is 16.5. The monoisotopic (exact) mass is 443 g/mol. The predicted molar refractivity (Wildman–Crippen MR) is 114 cm³/mol. The quantitative estimate of drug-likeness (QED) is 0.424. The molecule has 0 radical (unpaired) electrons. The van der Waals surface area contributed by atoms with E-state index in [0.717, 1.165) is 22.9 Å². The zero-order chi connectivity index (χ0) is 21.8. The maximum Gasteiger partial charge on any atom is 0.293 e. The maximum absolute atomic E-state index is 12.8. The minimum absolute atomic E-state index is 0.101. The van der Waals surface area contributed by atoms with Crippen LogP contribution in [0.3, 0.4) is 0 Å². The van der Waals surface area contributed by atoms with E-state index in [-0.39, 0.29) is 29.4 Å². The van der Waals surface area contributed by atoms with E-state index in [2.05, 4.69) is 15.5 Å². The van der Waals surface area contributed by atoms with Crippen LogP contribution in [0.15, 0.2) is 59.6 Å². The van der Waals surface area contributed by atoms with Gasteiger partial charge in [-0.1, -0.05) is 24.3 Å². The standard InChI is InChI=1S/C20H21N5O5S/c26-25(27)20-13-17(31(28,29)24-9-11-30-12-10-24)5-6-19(20)21-14-15-1-3-16(4-2-15)18-7-8-22-23-18/h1-8,13,21H,9-12,14H2,(H,22,23). The molecule has 31 heavy (non-hydrogen) atoms. The summed E-state index contributed by atoms with van der Waals surface area (Å²) in [6.07, 6.45) is 1.67. The van der Waals surface area contributed by atoms with Gasteiger partial charge in [0.15, 0.2) is 0 Å². The van der Waals surface area contributed by atoms with Crippen molar-refractivity contribution in [2.75, 3.05) is 31.6 Å². The van der Waals surface area contributed by atoms with Crippen LogP contribution in [0.25, 0.3) is 11.3 Å². The van der Waals surface area contributed by atoms with Gasteiger partial charge in [0.25, 0.3) is 5.69 Å². The zero-order valence-corrected chi connectivity index (χ0v) is 17.3. The highest BCUT2D eigenvalue weighted by atomic mass is 32.2. The molecule has 3 aromatic rings. The predicted octanol–water partition coefficient (Wildman–Crippen LogP) is 2.62. The summed E-state index contributed by atoms with van der Waals surface area (Å²) in [6.45, 7) is 1.41. The van der Waals surface area contributed by atoms with E-state index < -0.39 is 14.9 Å². The highest BCUT2D eigenvalue weighted by molar-refractivity contribution is 7.89. The molecule has 0 bridgehead atoms. The van der Waals surface area contributed by atoms with Gasteiger partial charge in [0.1, 0.15) is 5.69 Å². The van der Waals surface area contributed by atoms with E-state index in [4.69, 9.17) is 4.74 Å². The Labute approximate surface area is 179 Å². The van der Waals surface area contributed by atoms with E-state index in [0.29, 0.717) is 19.8 Å². The average molecular weight is 443 g/mol. The third-order valence-corrected chi connectivity index (χ3v) is 6.92. The van der Waals surface area contributed by atoms with Crippen LogP contribution in [-0.2, 0) is 21.3 Å². The second-order valence-corrected chi connectivity index (χ2v) is 8.91. The fourth-order valence-corrected chi connectivity index (χ4v) is 4.75. The third kappa shape index (κ3) is 4.58. The lowest BCUT2D eigenvalue weighted by Gasteiger charge is -2.26. The summed E-state index contributed by atoms with van der Waals surface area (Å²) in [6, 6.07) is 13.5. The van der Waals surface area contributed by atoms with Gasteiger partial charge in [-0.25, -0.2) is 8.42 Å². The fraction of sp³-hybridized carbons (Fsp3) is 0.250. The molecule has 162 valence electrons. The topological polar surface area (TPSA) is 130 Å². The number of nitro benzene ring substituents is 1. The summed E-state index contributed by atoms with van der Waals surface area (Å²) in [4.78, 5) is 10.9. The molecule has 1 aromatic heterocycles. The molecule has 2 N–H and O–H groups in total. The van der Waals surface area contributed by atoms with Crippen molar-refractivity contribution in [2.24, 2.45) is 0 Å². The number of hydrogen-bond donors (Lipinski definition) is 2. The van der Waals surface area contributed by atoms with E-state index in [1.54, 1.807) is 6.20 Å². The smallest absolute Gasteiger partial charge is 0.293 e. The van der Waals surface area contributed by atoms with Crippen LogP contribution in [0.5, 0.6) is 0 Å². The highest BCUT2D eigenvalue weighted by Crippen LogP contribution is 2.30. The van der Waals surface area contributed by atoms with Crippen molar-refractivity contribution < 1.29 is 18.1 Å². The maximum atomic E-state index is 12.8. The van der Waals surface area contributed by atoms with Crippen LogP contribution in [0.2, 0.25) is 0 Å². The van der Waals surface area contributed by atoms with E-state index in [1.807, 2.05) is 30.3 Å². The van der Waals surface area contributed by atoms with Crippen LogP contribution >= 0.6 is 0 Å². The number of aromatic amines is 1. The van der Waals surface area contributed by atoms with Gasteiger partial charge >= 0.3 is 0 Å². The first-order valence-corrected chi connectivity index (χ1v) is 11.1. The Balaban J connectivity index is 1.51. The second kappa shape index (κ2) is 8.84. The number of ether oxygens (including phenoxy) is 1. The van der Waals surface area contributed by atoms with E-state index >= 15 is 0 Å². The summed E-state index contributed by atoms with van der Waals surface area (Å²) in [5, 5.41) is 21.4. The molecule has 0 unspecified atom stereocenters. The van der Waals surface area contributed by atoms with Crippen LogP contribution in [0.1, 0.15) is 5.56 Å². The first-order valence-electron chi connectivity index (χ1n) is 9.64. The lowest BCUT2D eigenvalue weighted by Crippen LogP contribution is -2.40. The molecule has 10 nitrogen and oxygen atoms in total. The highest BCUT2D eigenvalue weighted by Gasteiger charge is 2.28. The van der Waals surface area contributed by atoms with Crippen LogP contribution < -0.4 is 5.32 Å². The fourth-order valence-electron chi connectivity index (χ4n) is 3.32. The van der Waals surface area contributed by atoms with Crippen molar-refractivity contribution in [3.05, 3.63) is 70.4 Å². The lowest BCUT2D eigenvalue weighted by atomic mass is 10.1. The normalized spacial score (nSPS) is 15.0. The lowest BCUT2D eigenvalue weighted by molar-refractivity contribution is -0.384. The van der Waals surface area contributed by atoms with Crippen molar-refractivity contribution >= 4 is 21.4 Å². The molecule has 4 rings (SSSR count). The third-order valence-electron chi connectivity index (χ3n) is 5.02. The number of sulfonamides is 1. The SMILES string of the molecule is O=[N+]([O-])c1cc(S(=O)(=O)N2CCOCC2)ccc1NCc1ccc(-c2ccn[nH]2)cc1. The van der Waals surface area contributed by atoms with Gasteiger partial charge in [-0.3, -0.25) is 15.2 Å². The molecule has 1 saturated heterocycles. The summed E-state index contributed by atoms with van der Waals surface area (Å²) in [7, 11) is -3.82. The Hall–Kier alpha value is -3.28. The molecule has 2 heterocycles. The molecule has 2 aromatic carbocycles. The molecule has 1 fully saturated rings. The molecule has 1 aliphatic rings. The molecular formula is C20H21N5O5S. The number of aromatic nitrogens is 2. The molecule has 11 heteroatoms. The van der Waals surface area contributed by atoms with Gasteiger partial charge in [0.05, 0.1) is 28.7 Å². The van der Waals surface area contributed by atoms with Gasteiger partial charge in [0, 0.05) is 31.9 Å². The number of nitrogens with zero attached hydrogens (tertiary/aromatic N) is 3. The number of hydrogen-bond acceptors (Lipinski definition) is 7. The van der Waals surface area contributed by atoms with E-state index in [1.165, 1.54) is 16.4 Å². The summed E-state index contributed by atoms with van der Waals surface area (Å²) >= 11 is 0. The largest absolute Gasteiger partial charge is 0.379 e. The molecular weight excluding hydrogens is 422 g/mol. The van der Waals surface area contributed by atoms with Crippen LogP contribution in [0, 0.1) is 10.1 Å². The van der Waals surface area contributed by atoms with Crippen molar-refractivity contribution in [3.63, 3.8) is 0 Å². The van der Waals surface area contributed by atoms with Gasteiger partial charge in [0.2, 0.25) is 10.0 Å². The average Bonchev–Trinajstić information content (AvgIpc) is 3.33. The summed E-state index contributed by atoms with van der Waals surface area (Å²) < 4.78 is 32.1. The molecule has 1 aliphatic heterocycles. The van der Waals surface area contributed by atoms with Crippen LogP contribution in [0.4, 0.5) is 11.4 Å². The van der Waals surface area contributed by atoms with Crippen molar-refractivity contribution in [2.45, 2.75) is 11.4 Å². The number of rotatable bonds is 7. The van der Waals surface area contributed by atoms with Crippen molar-refractivity contribution in [1.82, 2.24) is 14.5 Å². The van der Waals surface area contributed by atoms with Gasteiger partial charge in [-0.15, -0.1) is 0 Å². The molecule has 0 amide bonds. The first kappa shape index (κ1) is 21.0. The molecule has 0 atom stereocenters. The summed E-state index contributed by atoms with van der Waals surface area (Å²) in [5.41, 5.74) is 2.76. The van der Waals surface area contributed by atoms with E-state index in [9.17, 15) is 18.5 Å². The molecule has 0 spiro atoms. The van der Waals surface area contributed by atoms with Gasteiger partial charge in [-0.2, -0.15) is 9.40 Å². The Morgan fingerprint density at radius 1 is 1.13 bits per heavy atom. The minimum atomic E-state index is -3.82. The Morgan fingerprint density at radius 2 is 1.87 bits per heavy atom. The minimum Gasteiger partial charge on any atom is -0.379 e. The number of anilines is 1. The number of H-pyrrole nitrogens is 1. The van der Waals surface area contributed by atoms with Crippen molar-refractivity contribution in [3.8, 4) is 11.3 Å². The molecule has 0 aliphatic carbocycles.